The normalized spacial score (nSPS) is 12.5. The third kappa shape index (κ3) is 2.64. The number of nitrogens with zero attached hydrogens (tertiary/aromatic N) is 2. The minimum atomic E-state index is 0.321. The van der Waals surface area contributed by atoms with Gasteiger partial charge in [-0.1, -0.05) is 24.3 Å². The second-order valence-corrected chi connectivity index (χ2v) is 6.14. The van der Waals surface area contributed by atoms with Gasteiger partial charge in [0, 0.05) is 29.5 Å². The van der Waals surface area contributed by atoms with Crippen molar-refractivity contribution >= 4 is 27.9 Å². The molecule has 2 heterocycles. The number of para-hydroxylation sites is 1. The average molecular weight is 297 g/mol. The zero-order valence-electron chi connectivity index (χ0n) is 12.3. The summed E-state index contributed by atoms with van der Waals surface area (Å²) in [7, 11) is 2.13. The Morgan fingerprint density at radius 1 is 1.24 bits per heavy atom. The Morgan fingerprint density at radius 2 is 2.05 bits per heavy atom. The molecule has 21 heavy (non-hydrogen) atoms. The van der Waals surface area contributed by atoms with Gasteiger partial charge in [0.2, 0.25) is 0 Å². The lowest BCUT2D eigenvalue weighted by molar-refractivity contribution is 0.755. The van der Waals surface area contributed by atoms with Crippen molar-refractivity contribution in [2.75, 3.05) is 11.9 Å². The van der Waals surface area contributed by atoms with Gasteiger partial charge in [0.15, 0.2) is 0 Å². The predicted molar refractivity (Wildman–Crippen MR) is 90.8 cm³/mol. The molecule has 0 saturated heterocycles. The molecule has 3 aromatic rings. The Labute approximate surface area is 129 Å². The number of rotatable bonds is 4. The Balaban J connectivity index is 2.10. The van der Waals surface area contributed by atoms with Crippen LogP contribution in [-0.4, -0.2) is 12.0 Å². The van der Waals surface area contributed by atoms with Gasteiger partial charge in [-0.3, -0.25) is 4.98 Å². The van der Waals surface area contributed by atoms with E-state index in [0.717, 1.165) is 11.2 Å². The predicted octanol–water partition coefficient (Wildman–Crippen LogP) is 3.95. The monoisotopic (exact) mass is 297 g/mol. The molecule has 1 atom stereocenters. The third-order valence-corrected chi connectivity index (χ3v) is 4.91. The molecule has 108 valence electrons. The van der Waals surface area contributed by atoms with Crippen LogP contribution in [0.5, 0.6) is 0 Å². The number of thiophene rings is 1. The lowest BCUT2D eigenvalue weighted by atomic mass is 10.1. The highest BCUT2D eigenvalue weighted by Crippen LogP contribution is 2.33. The number of hydrogen-bond donors (Lipinski definition) is 1. The molecular formula is C17H19N3S. The highest BCUT2D eigenvalue weighted by atomic mass is 32.1. The number of benzene rings is 1. The molecule has 0 amide bonds. The summed E-state index contributed by atoms with van der Waals surface area (Å²) in [6.45, 7) is 2.68. The zero-order chi connectivity index (χ0) is 14.8. The van der Waals surface area contributed by atoms with Crippen molar-refractivity contribution in [3.05, 3.63) is 58.4 Å². The van der Waals surface area contributed by atoms with Crippen LogP contribution in [0.3, 0.4) is 0 Å². The molecule has 0 aliphatic rings. The fourth-order valence-electron chi connectivity index (χ4n) is 2.54. The number of nitrogens with two attached hydrogens (primary N) is 1. The Bertz CT molecular complexity index is 737. The van der Waals surface area contributed by atoms with E-state index in [-0.39, 0.29) is 0 Å². The van der Waals surface area contributed by atoms with Crippen LogP contribution in [0.1, 0.15) is 23.5 Å². The molecular weight excluding hydrogens is 278 g/mol. The summed E-state index contributed by atoms with van der Waals surface area (Å²) in [5.41, 5.74) is 8.91. The number of fused-ring (bicyclic) bond motifs is 1. The van der Waals surface area contributed by atoms with Crippen LogP contribution in [0, 0.1) is 0 Å². The van der Waals surface area contributed by atoms with E-state index in [2.05, 4.69) is 59.6 Å². The van der Waals surface area contributed by atoms with Gasteiger partial charge in [-0.15, -0.1) is 11.3 Å². The highest BCUT2D eigenvalue weighted by molar-refractivity contribution is 7.10. The molecule has 0 saturated carbocycles. The molecule has 0 spiro atoms. The fourth-order valence-corrected chi connectivity index (χ4v) is 3.36. The van der Waals surface area contributed by atoms with E-state index in [1.165, 1.54) is 16.0 Å². The van der Waals surface area contributed by atoms with E-state index in [1.807, 2.05) is 12.1 Å². The van der Waals surface area contributed by atoms with Crippen molar-refractivity contribution < 1.29 is 0 Å². The maximum absolute atomic E-state index is 5.80. The zero-order valence-corrected chi connectivity index (χ0v) is 13.1. The first-order valence-corrected chi connectivity index (χ1v) is 7.93. The van der Waals surface area contributed by atoms with E-state index in [4.69, 9.17) is 5.73 Å². The van der Waals surface area contributed by atoms with Gasteiger partial charge in [0.25, 0.3) is 0 Å². The standard InChI is InChI=1S/C17H19N3S/c1-12(17-8-5-9-21-17)20(2)16-10-13(11-18)19-15-7-4-3-6-14(15)16/h3-10,12H,11,18H2,1-2H3. The first kappa shape index (κ1) is 14.0. The minimum Gasteiger partial charge on any atom is -0.366 e. The molecule has 2 aromatic heterocycles. The molecule has 1 unspecified atom stereocenters. The molecule has 3 rings (SSSR count). The third-order valence-electron chi connectivity index (χ3n) is 3.87. The van der Waals surface area contributed by atoms with Crippen LogP contribution in [0.25, 0.3) is 10.9 Å². The molecule has 3 nitrogen and oxygen atoms in total. The van der Waals surface area contributed by atoms with Crippen molar-refractivity contribution in [3.8, 4) is 0 Å². The first-order chi connectivity index (χ1) is 10.2. The maximum atomic E-state index is 5.80. The Kier molecular flexibility index (Phi) is 3.90. The summed E-state index contributed by atoms with van der Waals surface area (Å²) in [6, 6.07) is 14.9. The molecule has 0 radical (unpaired) electrons. The van der Waals surface area contributed by atoms with Gasteiger partial charge >= 0.3 is 0 Å². The van der Waals surface area contributed by atoms with Gasteiger partial charge in [-0.05, 0) is 30.5 Å². The summed E-state index contributed by atoms with van der Waals surface area (Å²) >= 11 is 1.79. The van der Waals surface area contributed by atoms with Gasteiger partial charge in [0.1, 0.15) is 0 Å². The van der Waals surface area contributed by atoms with E-state index >= 15 is 0 Å². The number of hydrogen-bond acceptors (Lipinski definition) is 4. The molecule has 0 fully saturated rings. The van der Waals surface area contributed by atoms with Crippen molar-refractivity contribution in [1.82, 2.24) is 4.98 Å². The summed E-state index contributed by atoms with van der Waals surface area (Å²) in [4.78, 5) is 8.26. The van der Waals surface area contributed by atoms with Crippen LogP contribution < -0.4 is 10.6 Å². The summed E-state index contributed by atoms with van der Waals surface area (Å²) in [5.74, 6) is 0. The Hall–Kier alpha value is -1.91. The lowest BCUT2D eigenvalue weighted by Crippen LogP contribution is -2.21. The van der Waals surface area contributed by atoms with Crippen molar-refractivity contribution in [2.45, 2.75) is 19.5 Å². The highest BCUT2D eigenvalue weighted by Gasteiger charge is 2.16. The smallest absolute Gasteiger partial charge is 0.0726 e. The number of pyridine rings is 1. The summed E-state index contributed by atoms with van der Waals surface area (Å²) in [6.07, 6.45) is 0. The first-order valence-electron chi connectivity index (χ1n) is 7.05. The minimum absolute atomic E-state index is 0.321. The van der Waals surface area contributed by atoms with Crippen molar-refractivity contribution in [2.24, 2.45) is 5.73 Å². The summed E-state index contributed by atoms with van der Waals surface area (Å²) < 4.78 is 0. The van der Waals surface area contributed by atoms with Gasteiger partial charge < -0.3 is 10.6 Å². The average Bonchev–Trinajstić information content (AvgIpc) is 3.06. The second kappa shape index (κ2) is 5.84. The fraction of sp³-hybridized carbons (Fsp3) is 0.235. The topological polar surface area (TPSA) is 42.1 Å². The molecule has 0 aliphatic heterocycles. The quantitative estimate of drug-likeness (QED) is 0.793. The van der Waals surface area contributed by atoms with E-state index in [1.54, 1.807) is 11.3 Å². The number of aromatic nitrogens is 1. The van der Waals surface area contributed by atoms with Crippen LogP contribution in [-0.2, 0) is 6.54 Å². The van der Waals surface area contributed by atoms with E-state index in [0.29, 0.717) is 12.6 Å². The molecule has 2 N–H and O–H groups in total. The lowest BCUT2D eigenvalue weighted by Gasteiger charge is -2.28. The number of anilines is 1. The molecule has 0 bridgehead atoms. The van der Waals surface area contributed by atoms with Gasteiger partial charge in [-0.2, -0.15) is 0 Å². The van der Waals surface area contributed by atoms with Crippen LogP contribution in [0.2, 0.25) is 0 Å². The van der Waals surface area contributed by atoms with Gasteiger partial charge in [-0.25, -0.2) is 0 Å². The van der Waals surface area contributed by atoms with Gasteiger partial charge in [0.05, 0.1) is 17.3 Å². The maximum Gasteiger partial charge on any atom is 0.0726 e. The molecule has 4 heteroatoms. The largest absolute Gasteiger partial charge is 0.366 e. The SMILES string of the molecule is CC(c1cccs1)N(C)c1cc(CN)nc2ccccc12. The molecule has 0 aliphatic carbocycles. The second-order valence-electron chi connectivity index (χ2n) is 5.16. The van der Waals surface area contributed by atoms with Crippen LogP contribution >= 0.6 is 11.3 Å². The summed E-state index contributed by atoms with van der Waals surface area (Å²) in [5, 5.41) is 3.29. The van der Waals surface area contributed by atoms with Crippen molar-refractivity contribution in [3.63, 3.8) is 0 Å². The van der Waals surface area contributed by atoms with E-state index in [9.17, 15) is 0 Å². The van der Waals surface area contributed by atoms with Crippen LogP contribution in [0.4, 0.5) is 5.69 Å². The molecule has 1 aromatic carbocycles. The Morgan fingerprint density at radius 3 is 2.76 bits per heavy atom. The van der Waals surface area contributed by atoms with Crippen molar-refractivity contribution in [1.29, 1.82) is 0 Å². The van der Waals surface area contributed by atoms with Crippen LogP contribution in [0.15, 0.2) is 47.8 Å². The van der Waals surface area contributed by atoms with E-state index < -0.39 is 0 Å².